The molecule has 1 unspecified atom stereocenters. The first kappa shape index (κ1) is 12.2. The Morgan fingerprint density at radius 3 is 2.67 bits per heavy atom. The Labute approximate surface area is 95.2 Å². The molecular formula is C11H17N3S. The van der Waals surface area contributed by atoms with E-state index >= 15 is 0 Å². The summed E-state index contributed by atoms with van der Waals surface area (Å²) in [6, 6.07) is -0.0633. The van der Waals surface area contributed by atoms with E-state index in [9.17, 15) is 0 Å². The molecule has 0 radical (unpaired) electrons. The Kier molecular flexibility index (Phi) is 3.83. The van der Waals surface area contributed by atoms with Crippen molar-refractivity contribution in [2.45, 2.75) is 45.6 Å². The molecule has 0 spiro atoms. The van der Waals surface area contributed by atoms with Crippen LogP contribution < -0.4 is 5.73 Å². The predicted octanol–water partition coefficient (Wildman–Crippen LogP) is 2.25. The second-order valence-electron chi connectivity index (χ2n) is 4.47. The summed E-state index contributed by atoms with van der Waals surface area (Å²) >= 11 is 1.38. The normalized spacial score (nSPS) is 13.1. The van der Waals surface area contributed by atoms with Crippen molar-refractivity contribution in [1.29, 1.82) is 0 Å². The Morgan fingerprint density at radius 1 is 1.47 bits per heavy atom. The lowest BCUT2D eigenvalue weighted by Crippen LogP contribution is -2.18. The van der Waals surface area contributed by atoms with Crippen LogP contribution in [0.1, 0.15) is 50.7 Å². The van der Waals surface area contributed by atoms with Gasteiger partial charge < -0.3 is 5.73 Å². The third-order valence-electron chi connectivity index (χ3n) is 2.06. The van der Waals surface area contributed by atoms with E-state index in [4.69, 9.17) is 5.73 Å². The van der Waals surface area contributed by atoms with Gasteiger partial charge in [0.2, 0.25) is 0 Å². The highest BCUT2D eigenvalue weighted by atomic mass is 32.1. The largest absolute Gasteiger partial charge is 0.322 e. The molecule has 0 saturated carbocycles. The average Bonchev–Trinajstić information content (AvgIpc) is 2.61. The maximum absolute atomic E-state index is 6.05. The maximum Gasteiger partial charge on any atom is 0.0857 e. The second kappa shape index (κ2) is 4.73. The fourth-order valence-electron chi connectivity index (χ4n) is 1.27. The number of hydrogen-bond donors (Lipinski definition) is 1. The molecule has 0 amide bonds. The first-order valence-electron chi connectivity index (χ1n) is 4.94. The van der Waals surface area contributed by atoms with Crippen LogP contribution in [0.15, 0.2) is 0 Å². The lowest BCUT2D eigenvalue weighted by Gasteiger charge is -2.18. The van der Waals surface area contributed by atoms with Crippen molar-refractivity contribution < 1.29 is 0 Å². The molecule has 0 fully saturated rings. The molecular weight excluding hydrogens is 206 g/mol. The van der Waals surface area contributed by atoms with E-state index in [0.29, 0.717) is 6.42 Å². The van der Waals surface area contributed by atoms with E-state index in [1.165, 1.54) is 11.5 Å². The van der Waals surface area contributed by atoms with Crippen LogP contribution in [0.2, 0.25) is 0 Å². The van der Waals surface area contributed by atoms with Gasteiger partial charge in [-0.15, -0.1) is 16.9 Å². The highest BCUT2D eigenvalue weighted by Crippen LogP contribution is 2.30. The molecule has 3 nitrogen and oxygen atoms in total. The summed E-state index contributed by atoms with van der Waals surface area (Å²) in [5.74, 6) is 5.84. The van der Waals surface area contributed by atoms with Crippen molar-refractivity contribution in [2.24, 2.45) is 5.73 Å². The smallest absolute Gasteiger partial charge is 0.0857 e. The number of nitrogens with zero attached hydrogens (tertiary/aromatic N) is 2. The van der Waals surface area contributed by atoms with Gasteiger partial charge in [0.05, 0.1) is 16.6 Å². The molecule has 0 saturated heterocycles. The van der Waals surface area contributed by atoms with Crippen molar-refractivity contribution in [3.8, 4) is 11.8 Å². The molecule has 82 valence electrons. The molecule has 1 aromatic rings. The highest BCUT2D eigenvalue weighted by molar-refractivity contribution is 7.05. The fourth-order valence-corrected chi connectivity index (χ4v) is 2.13. The first-order chi connectivity index (χ1) is 6.96. The van der Waals surface area contributed by atoms with Crippen LogP contribution in [-0.4, -0.2) is 9.59 Å². The molecule has 15 heavy (non-hydrogen) atoms. The Balaban J connectivity index is 2.93. The van der Waals surface area contributed by atoms with Gasteiger partial charge in [-0.3, -0.25) is 0 Å². The summed E-state index contributed by atoms with van der Waals surface area (Å²) in [6.45, 7) is 8.17. The maximum atomic E-state index is 6.05. The zero-order chi connectivity index (χ0) is 11.5. The average molecular weight is 223 g/mol. The summed E-state index contributed by atoms with van der Waals surface area (Å²) in [7, 11) is 0. The van der Waals surface area contributed by atoms with Gasteiger partial charge in [-0.2, -0.15) is 0 Å². The van der Waals surface area contributed by atoms with Crippen LogP contribution >= 0.6 is 11.5 Å². The third kappa shape index (κ3) is 3.01. The van der Waals surface area contributed by atoms with E-state index < -0.39 is 0 Å². The molecule has 0 bridgehead atoms. The molecule has 4 heteroatoms. The van der Waals surface area contributed by atoms with E-state index in [0.717, 1.165) is 10.6 Å². The highest BCUT2D eigenvalue weighted by Gasteiger charge is 2.25. The second-order valence-corrected chi connectivity index (χ2v) is 5.26. The summed E-state index contributed by atoms with van der Waals surface area (Å²) in [4.78, 5) is 1.06. The molecule has 0 aliphatic rings. The van der Waals surface area contributed by atoms with Crippen LogP contribution in [0.3, 0.4) is 0 Å². The van der Waals surface area contributed by atoms with Gasteiger partial charge >= 0.3 is 0 Å². The molecule has 1 aromatic heterocycles. The van der Waals surface area contributed by atoms with E-state index in [1.807, 2.05) is 6.92 Å². The minimum Gasteiger partial charge on any atom is -0.322 e. The SMILES string of the molecule is CC#CCC(N)c1snnc1C(C)(C)C. The quantitative estimate of drug-likeness (QED) is 0.782. The topological polar surface area (TPSA) is 51.8 Å². The minimum absolute atomic E-state index is 0.000400. The molecule has 1 atom stereocenters. The molecule has 0 aliphatic heterocycles. The van der Waals surface area contributed by atoms with Gasteiger partial charge in [-0.1, -0.05) is 25.3 Å². The molecule has 2 N–H and O–H groups in total. The van der Waals surface area contributed by atoms with Crippen LogP contribution in [0.25, 0.3) is 0 Å². The lowest BCUT2D eigenvalue weighted by molar-refractivity contribution is 0.552. The monoisotopic (exact) mass is 223 g/mol. The molecule has 0 aliphatic carbocycles. The van der Waals surface area contributed by atoms with Crippen molar-refractivity contribution in [3.63, 3.8) is 0 Å². The Morgan fingerprint density at radius 2 is 2.13 bits per heavy atom. The van der Waals surface area contributed by atoms with Crippen LogP contribution in [0, 0.1) is 11.8 Å². The lowest BCUT2D eigenvalue weighted by atomic mass is 9.90. The van der Waals surface area contributed by atoms with Gasteiger partial charge in [0.15, 0.2) is 0 Å². The Bertz CT molecular complexity index is 379. The Hall–Kier alpha value is -0.920. The minimum atomic E-state index is -0.0633. The van der Waals surface area contributed by atoms with Crippen LogP contribution in [0.4, 0.5) is 0 Å². The fraction of sp³-hybridized carbons (Fsp3) is 0.636. The number of hydrogen-bond acceptors (Lipinski definition) is 4. The number of nitrogens with two attached hydrogens (primary N) is 1. The van der Waals surface area contributed by atoms with Crippen molar-refractivity contribution in [1.82, 2.24) is 9.59 Å². The molecule has 1 rings (SSSR count). The summed E-state index contributed by atoms with van der Waals surface area (Å²) in [6.07, 6.45) is 0.670. The van der Waals surface area contributed by atoms with Gasteiger partial charge in [-0.05, 0) is 18.5 Å². The van der Waals surface area contributed by atoms with Crippen molar-refractivity contribution in [3.05, 3.63) is 10.6 Å². The van der Waals surface area contributed by atoms with Gasteiger partial charge in [0.1, 0.15) is 0 Å². The third-order valence-corrected chi connectivity index (χ3v) is 2.92. The zero-order valence-corrected chi connectivity index (χ0v) is 10.5. The summed E-state index contributed by atoms with van der Waals surface area (Å²) in [5, 5.41) is 4.16. The standard InChI is InChI=1S/C11H17N3S/c1-5-6-7-8(12)9-10(11(2,3)4)13-14-15-9/h8H,7,12H2,1-4H3. The number of aromatic nitrogens is 2. The van der Waals surface area contributed by atoms with E-state index in [2.05, 4.69) is 42.2 Å². The van der Waals surface area contributed by atoms with Gasteiger partial charge in [0, 0.05) is 11.8 Å². The molecule has 1 heterocycles. The number of rotatable bonds is 2. The molecule has 0 aromatic carbocycles. The predicted molar refractivity (Wildman–Crippen MR) is 63.6 cm³/mol. The summed E-state index contributed by atoms with van der Waals surface area (Å²) in [5.41, 5.74) is 7.05. The van der Waals surface area contributed by atoms with Gasteiger partial charge in [0.25, 0.3) is 0 Å². The summed E-state index contributed by atoms with van der Waals surface area (Å²) < 4.78 is 3.98. The van der Waals surface area contributed by atoms with E-state index in [1.54, 1.807) is 0 Å². The van der Waals surface area contributed by atoms with Gasteiger partial charge in [-0.25, -0.2) is 0 Å². The first-order valence-corrected chi connectivity index (χ1v) is 5.72. The zero-order valence-electron chi connectivity index (χ0n) is 9.66. The van der Waals surface area contributed by atoms with Crippen LogP contribution in [0.5, 0.6) is 0 Å². The van der Waals surface area contributed by atoms with Crippen molar-refractivity contribution >= 4 is 11.5 Å². The van der Waals surface area contributed by atoms with E-state index in [-0.39, 0.29) is 11.5 Å². The van der Waals surface area contributed by atoms with Crippen molar-refractivity contribution in [2.75, 3.05) is 0 Å². The van der Waals surface area contributed by atoms with Crippen LogP contribution in [-0.2, 0) is 5.41 Å².